The molecule has 1 saturated carbocycles. The van der Waals surface area contributed by atoms with Crippen LogP contribution in [0.1, 0.15) is 40.0 Å². The van der Waals surface area contributed by atoms with Gasteiger partial charge in [0.2, 0.25) is 5.91 Å². The van der Waals surface area contributed by atoms with Crippen LogP contribution in [0.4, 0.5) is 0 Å². The third kappa shape index (κ3) is 3.76. The largest absolute Gasteiger partial charge is 0.356 e. The van der Waals surface area contributed by atoms with E-state index in [4.69, 9.17) is 0 Å². The molecule has 94 valence electrons. The fourth-order valence-electron chi connectivity index (χ4n) is 2.28. The van der Waals surface area contributed by atoms with Crippen molar-refractivity contribution in [1.82, 2.24) is 5.32 Å². The minimum Gasteiger partial charge on any atom is -0.356 e. The van der Waals surface area contributed by atoms with Crippen LogP contribution in [-0.4, -0.2) is 17.8 Å². The average Bonchev–Trinajstić information content (AvgIpc) is 2.71. The molecule has 1 rings (SSSR count). The third-order valence-corrected chi connectivity index (χ3v) is 4.80. The highest BCUT2D eigenvalue weighted by Crippen LogP contribution is 2.32. The summed E-state index contributed by atoms with van der Waals surface area (Å²) >= 11 is 3.56. The molecule has 0 aromatic rings. The predicted molar refractivity (Wildman–Crippen MR) is 71.6 cm³/mol. The van der Waals surface area contributed by atoms with Crippen molar-refractivity contribution in [2.45, 2.75) is 40.0 Å². The minimum atomic E-state index is 0.129. The molecule has 2 nitrogen and oxygen atoms in total. The summed E-state index contributed by atoms with van der Waals surface area (Å²) in [6, 6.07) is 0. The van der Waals surface area contributed by atoms with Gasteiger partial charge in [0, 0.05) is 17.8 Å². The maximum absolute atomic E-state index is 11.8. The molecule has 1 fully saturated rings. The molecule has 3 unspecified atom stereocenters. The van der Waals surface area contributed by atoms with Crippen molar-refractivity contribution in [2.24, 2.45) is 23.7 Å². The molecule has 16 heavy (non-hydrogen) atoms. The number of hydrogen-bond donors (Lipinski definition) is 1. The zero-order valence-corrected chi connectivity index (χ0v) is 12.2. The van der Waals surface area contributed by atoms with Gasteiger partial charge >= 0.3 is 0 Å². The van der Waals surface area contributed by atoms with Gasteiger partial charge in [0.25, 0.3) is 0 Å². The summed E-state index contributed by atoms with van der Waals surface area (Å²) in [5.41, 5.74) is 0. The quantitative estimate of drug-likeness (QED) is 0.774. The van der Waals surface area contributed by atoms with Crippen molar-refractivity contribution in [3.8, 4) is 0 Å². The molecular weight excluding hydrogens is 266 g/mol. The highest BCUT2D eigenvalue weighted by Gasteiger charge is 2.27. The monoisotopic (exact) mass is 289 g/mol. The van der Waals surface area contributed by atoms with E-state index in [0.29, 0.717) is 11.8 Å². The second-order valence-corrected chi connectivity index (χ2v) is 6.03. The van der Waals surface area contributed by atoms with E-state index in [9.17, 15) is 4.79 Å². The normalized spacial score (nSPS) is 27.1. The molecule has 0 spiro atoms. The summed E-state index contributed by atoms with van der Waals surface area (Å²) in [6.45, 7) is 7.07. The molecule has 0 saturated heterocycles. The van der Waals surface area contributed by atoms with E-state index in [1.165, 1.54) is 19.3 Å². The molecule has 1 aliphatic carbocycles. The Morgan fingerprint density at radius 3 is 2.50 bits per heavy atom. The number of hydrogen-bond acceptors (Lipinski definition) is 1. The van der Waals surface area contributed by atoms with Gasteiger partial charge in [-0.25, -0.2) is 0 Å². The maximum atomic E-state index is 11.8. The number of amides is 1. The van der Waals surface area contributed by atoms with Gasteiger partial charge < -0.3 is 5.32 Å². The molecule has 0 heterocycles. The summed E-state index contributed by atoms with van der Waals surface area (Å²) < 4.78 is 0. The second-order valence-electron chi connectivity index (χ2n) is 5.38. The highest BCUT2D eigenvalue weighted by atomic mass is 79.9. The lowest BCUT2D eigenvalue weighted by molar-refractivity contribution is -0.125. The lowest BCUT2D eigenvalue weighted by Gasteiger charge is -2.20. The summed E-state index contributed by atoms with van der Waals surface area (Å²) in [4.78, 5) is 11.8. The van der Waals surface area contributed by atoms with E-state index in [1.54, 1.807) is 0 Å². The number of nitrogens with one attached hydrogen (secondary N) is 1. The molecular formula is C13H24BrNO. The molecule has 0 aromatic heterocycles. The highest BCUT2D eigenvalue weighted by molar-refractivity contribution is 9.09. The van der Waals surface area contributed by atoms with Gasteiger partial charge in [0.15, 0.2) is 0 Å². The number of alkyl halides is 1. The fourth-order valence-corrected chi connectivity index (χ4v) is 3.13. The smallest absolute Gasteiger partial charge is 0.223 e. The Kier molecular flexibility index (Phi) is 5.81. The van der Waals surface area contributed by atoms with E-state index in [1.807, 2.05) is 6.92 Å². The first-order valence-electron chi connectivity index (χ1n) is 6.40. The SMILES string of the molecule is CC(C)C(C)C(=O)NCC1CCCC1CBr. The van der Waals surface area contributed by atoms with Gasteiger partial charge in [0.05, 0.1) is 0 Å². The van der Waals surface area contributed by atoms with Crippen LogP contribution in [0.5, 0.6) is 0 Å². The molecule has 3 heteroatoms. The van der Waals surface area contributed by atoms with Crippen LogP contribution < -0.4 is 5.32 Å². The first-order valence-corrected chi connectivity index (χ1v) is 7.52. The Labute approximate surface area is 108 Å². The molecule has 3 atom stereocenters. The van der Waals surface area contributed by atoms with Crippen LogP contribution in [0.15, 0.2) is 0 Å². The Balaban J connectivity index is 2.31. The Morgan fingerprint density at radius 1 is 1.31 bits per heavy atom. The van der Waals surface area contributed by atoms with Gasteiger partial charge in [-0.05, 0) is 30.6 Å². The van der Waals surface area contributed by atoms with Crippen molar-refractivity contribution in [1.29, 1.82) is 0 Å². The Morgan fingerprint density at radius 2 is 1.94 bits per heavy atom. The van der Waals surface area contributed by atoms with Gasteiger partial charge in [-0.2, -0.15) is 0 Å². The summed E-state index contributed by atoms with van der Waals surface area (Å²) in [5, 5.41) is 4.19. The molecule has 1 N–H and O–H groups in total. The summed E-state index contributed by atoms with van der Waals surface area (Å²) in [7, 11) is 0. The van der Waals surface area contributed by atoms with E-state index in [0.717, 1.165) is 17.8 Å². The number of carbonyl (C=O) groups excluding carboxylic acids is 1. The number of carbonyl (C=O) groups is 1. The zero-order chi connectivity index (χ0) is 12.1. The average molecular weight is 290 g/mol. The summed E-state index contributed by atoms with van der Waals surface area (Å²) in [5.74, 6) is 2.21. The van der Waals surface area contributed by atoms with Crippen molar-refractivity contribution in [3.05, 3.63) is 0 Å². The van der Waals surface area contributed by atoms with E-state index >= 15 is 0 Å². The fraction of sp³-hybridized carbons (Fsp3) is 0.923. The van der Waals surface area contributed by atoms with Gasteiger partial charge in [-0.3, -0.25) is 4.79 Å². The van der Waals surface area contributed by atoms with Crippen LogP contribution in [0.2, 0.25) is 0 Å². The molecule has 1 aliphatic rings. The van der Waals surface area contributed by atoms with Crippen molar-refractivity contribution in [2.75, 3.05) is 11.9 Å². The van der Waals surface area contributed by atoms with Crippen molar-refractivity contribution < 1.29 is 4.79 Å². The Hall–Kier alpha value is -0.0500. The first-order chi connectivity index (χ1) is 7.56. The van der Waals surface area contributed by atoms with Gasteiger partial charge in [-0.15, -0.1) is 0 Å². The molecule has 0 aliphatic heterocycles. The predicted octanol–water partition coefficient (Wildman–Crippen LogP) is 3.21. The van der Waals surface area contributed by atoms with Crippen LogP contribution >= 0.6 is 15.9 Å². The maximum Gasteiger partial charge on any atom is 0.223 e. The van der Waals surface area contributed by atoms with Crippen LogP contribution in [0.3, 0.4) is 0 Å². The Bertz CT molecular complexity index is 230. The van der Waals surface area contributed by atoms with Crippen molar-refractivity contribution >= 4 is 21.8 Å². The van der Waals surface area contributed by atoms with Gasteiger partial charge in [-0.1, -0.05) is 43.1 Å². The zero-order valence-electron chi connectivity index (χ0n) is 10.6. The van der Waals surface area contributed by atoms with E-state index in [-0.39, 0.29) is 11.8 Å². The molecule has 0 radical (unpaired) electrons. The lowest BCUT2D eigenvalue weighted by atomic mass is 9.95. The minimum absolute atomic E-state index is 0.129. The molecule has 0 bridgehead atoms. The van der Waals surface area contributed by atoms with Crippen LogP contribution in [0.25, 0.3) is 0 Å². The van der Waals surface area contributed by atoms with Crippen molar-refractivity contribution in [3.63, 3.8) is 0 Å². The molecule has 1 amide bonds. The number of rotatable bonds is 5. The van der Waals surface area contributed by atoms with Crippen LogP contribution in [-0.2, 0) is 4.79 Å². The molecule has 0 aromatic carbocycles. The standard InChI is InChI=1S/C13H24BrNO/c1-9(2)10(3)13(16)15-8-12-6-4-5-11(12)7-14/h9-12H,4-8H2,1-3H3,(H,15,16). The topological polar surface area (TPSA) is 29.1 Å². The van der Waals surface area contributed by atoms with E-state index in [2.05, 4.69) is 35.1 Å². The second kappa shape index (κ2) is 6.63. The first kappa shape index (κ1) is 14.0. The number of halogens is 1. The lowest BCUT2D eigenvalue weighted by Crippen LogP contribution is -2.36. The van der Waals surface area contributed by atoms with E-state index < -0.39 is 0 Å². The van der Waals surface area contributed by atoms with Crippen LogP contribution in [0, 0.1) is 23.7 Å². The third-order valence-electron chi connectivity index (χ3n) is 3.97. The van der Waals surface area contributed by atoms with Gasteiger partial charge in [0.1, 0.15) is 0 Å². The summed E-state index contributed by atoms with van der Waals surface area (Å²) in [6.07, 6.45) is 3.90.